The lowest BCUT2D eigenvalue weighted by Gasteiger charge is -2.27. The quantitative estimate of drug-likeness (QED) is 0.832. The minimum absolute atomic E-state index is 0.0874. The van der Waals surface area contributed by atoms with Gasteiger partial charge in [-0.2, -0.15) is 0 Å². The Balaban J connectivity index is 1.43. The van der Waals surface area contributed by atoms with Crippen molar-refractivity contribution in [2.24, 2.45) is 5.92 Å². The van der Waals surface area contributed by atoms with Gasteiger partial charge < -0.3 is 9.80 Å². The van der Waals surface area contributed by atoms with Crippen LogP contribution in [0.25, 0.3) is 0 Å². The summed E-state index contributed by atoms with van der Waals surface area (Å²) in [6.07, 6.45) is 2.37. The van der Waals surface area contributed by atoms with E-state index in [9.17, 15) is 9.59 Å². The van der Waals surface area contributed by atoms with Crippen LogP contribution in [0.2, 0.25) is 0 Å². The number of rotatable bonds is 4. The molecule has 2 amide bonds. The average molecular weight is 362 g/mol. The second-order valence-corrected chi connectivity index (χ2v) is 7.76. The van der Waals surface area contributed by atoms with Crippen molar-refractivity contribution in [1.29, 1.82) is 0 Å². The van der Waals surface area contributed by atoms with Gasteiger partial charge in [-0.1, -0.05) is 60.2 Å². The molecule has 140 valence electrons. The third kappa shape index (κ3) is 3.75. The smallest absolute Gasteiger partial charge is 0.228 e. The van der Waals surface area contributed by atoms with Gasteiger partial charge in [-0.3, -0.25) is 9.59 Å². The fourth-order valence-electron chi connectivity index (χ4n) is 4.29. The number of amides is 2. The van der Waals surface area contributed by atoms with E-state index >= 15 is 0 Å². The van der Waals surface area contributed by atoms with Crippen LogP contribution in [-0.2, 0) is 16.1 Å². The topological polar surface area (TPSA) is 40.6 Å². The van der Waals surface area contributed by atoms with E-state index in [2.05, 4.69) is 43.3 Å². The summed E-state index contributed by atoms with van der Waals surface area (Å²) >= 11 is 0. The zero-order valence-corrected chi connectivity index (χ0v) is 15.8. The van der Waals surface area contributed by atoms with Gasteiger partial charge in [0.15, 0.2) is 0 Å². The van der Waals surface area contributed by atoms with Gasteiger partial charge in [0.25, 0.3) is 0 Å². The summed E-state index contributed by atoms with van der Waals surface area (Å²) in [5.41, 5.74) is 3.52. The van der Waals surface area contributed by atoms with Crippen molar-refractivity contribution in [2.45, 2.75) is 38.8 Å². The Bertz CT molecular complexity index is 816. The van der Waals surface area contributed by atoms with Crippen LogP contribution in [0.15, 0.2) is 54.6 Å². The van der Waals surface area contributed by atoms with Gasteiger partial charge in [0.05, 0.1) is 12.0 Å². The van der Waals surface area contributed by atoms with Gasteiger partial charge in [-0.25, -0.2) is 0 Å². The molecule has 4 rings (SSSR count). The van der Waals surface area contributed by atoms with Gasteiger partial charge in [0, 0.05) is 26.1 Å². The lowest BCUT2D eigenvalue weighted by molar-refractivity contribution is -0.136. The normalized spacial score (nSPS) is 22.5. The average Bonchev–Trinajstić information content (AvgIpc) is 3.31. The minimum atomic E-state index is -0.215. The first-order chi connectivity index (χ1) is 13.1. The molecule has 0 radical (unpaired) electrons. The van der Waals surface area contributed by atoms with Crippen LogP contribution in [-0.4, -0.2) is 34.7 Å². The van der Waals surface area contributed by atoms with Crippen molar-refractivity contribution in [3.8, 4) is 0 Å². The monoisotopic (exact) mass is 362 g/mol. The maximum Gasteiger partial charge on any atom is 0.228 e. The van der Waals surface area contributed by atoms with E-state index in [-0.39, 0.29) is 23.8 Å². The minimum Gasteiger partial charge on any atom is -0.338 e. The molecule has 0 aromatic heterocycles. The zero-order chi connectivity index (χ0) is 18.8. The van der Waals surface area contributed by atoms with E-state index in [1.165, 1.54) is 11.1 Å². The van der Waals surface area contributed by atoms with Crippen LogP contribution < -0.4 is 0 Å². The third-order valence-electron chi connectivity index (χ3n) is 5.78. The number of likely N-dealkylation sites (tertiary alicyclic amines) is 2. The first-order valence-electron chi connectivity index (χ1n) is 9.80. The van der Waals surface area contributed by atoms with Crippen LogP contribution in [0.4, 0.5) is 0 Å². The van der Waals surface area contributed by atoms with Crippen LogP contribution in [0.1, 0.15) is 42.0 Å². The largest absolute Gasteiger partial charge is 0.338 e. The van der Waals surface area contributed by atoms with Gasteiger partial charge in [-0.05, 0) is 30.9 Å². The molecule has 2 heterocycles. The molecular weight excluding hydrogens is 336 g/mol. The number of aryl methyl sites for hydroxylation is 1. The number of carbonyl (C=O) groups is 2. The molecule has 2 fully saturated rings. The van der Waals surface area contributed by atoms with Crippen LogP contribution >= 0.6 is 0 Å². The van der Waals surface area contributed by atoms with Crippen molar-refractivity contribution in [1.82, 2.24) is 9.80 Å². The molecule has 27 heavy (non-hydrogen) atoms. The molecule has 0 saturated carbocycles. The van der Waals surface area contributed by atoms with Crippen molar-refractivity contribution in [3.63, 3.8) is 0 Å². The Morgan fingerprint density at radius 1 is 1.07 bits per heavy atom. The van der Waals surface area contributed by atoms with Gasteiger partial charge in [-0.15, -0.1) is 0 Å². The molecular formula is C23H26N2O2. The van der Waals surface area contributed by atoms with Gasteiger partial charge >= 0.3 is 0 Å². The Morgan fingerprint density at radius 2 is 1.81 bits per heavy atom. The van der Waals surface area contributed by atoms with Crippen LogP contribution in [0.5, 0.6) is 0 Å². The molecule has 2 saturated heterocycles. The van der Waals surface area contributed by atoms with E-state index in [1.807, 2.05) is 28.0 Å². The summed E-state index contributed by atoms with van der Waals surface area (Å²) in [6, 6.07) is 18.6. The highest BCUT2D eigenvalue weighted by molar-refractivity contribution is 5.89. The third-order valence-corrected chi connectivity index (χ3v) is 5.78. The van der Waals surface area contributed by atoms with Crippen molar-refractivity contribution in [2.75, 3.05) is 13.1 Å². The molecule has 4 heteroatoms. The highest BCUT2D eigenvalue weighted by atomic mass is 16.2. The summed E-state index contributed by atoms with van der Waals surface area (Å²) in [7, 11) is 0. The molecule has 2 aliphatic rings. The summed E-state index contributed by atoms with van der Waals surface area (Å²) in [5.74, 6) is 0.0118. The fourth-order valence-corrected chi connectivity index (χ4v) is 4.29. The molecule has 2 atom stereocenters. The van der Waals surface area contributed by atoms with Crippen molar-refractivity contribution < 1.29 is 9.59 Å². The fraction of sp³-hybridized carbons (Fsp3) is 0.391. The van der Waals surface area contributed by atoms with E-state index in [0.29, 0.717) is 19.5 Å². The first kappa shape index (κ1) is 17.8. The van der Waals surface area contributed by atoms with E-state index in [4.69, 9.17) is 0 Å². The maximum absolute atomic E-state index is 13.2. The van der Waals surface area contributed by atoms with Gasteiger partial charge in [0.1, 0.15) is 0 Å². The second kappa shape index (κ2) is 7.55. The zero-order valence-electron chi connectivity index (χ0n) is 15.8. The molecule has 0 bridgehead atoms. The van der Waals surface area contributed by atoms with Crippen molar-refractivity contribution in [3.05, 3.63) is 71.3 Å². The number of nitrogens with zero attached hydrogens (tertiary/aromatic N) is 2. The Hall–Kier alpha value is -2.62. The number of hydrogen-bond acceptors (Lipinski definition) is 2. The Kier molecular flexibility index (Phi) is 4.97. The highest BCUT2D eigenvalue weighted by Gasteiger charge is 2.40. The predicted octanol–water partition coefficient (Wildman–Crippen LogP) is 3.71. The first-order valence-corrected chi connectivity index (χ1v) is 9.80. The van der Waals surface area contributed by atoms with E-state index < -0.39 is 0 Å². The van der Waals surface area contributed by atoms with E-state index in [0.717, 1.165) is 24.9 Å². The van der Waals surface area contributed by atoms with E-state index in [1.54, 1.807) is 0 Å². The Labute approximate surface area is 160 Å². The lowest BCUT2D eigenvalue weighted by atomic mass is 10.0. The molecule has 0 spiro atoms. The number of benzene rings is 2. The lowest BCUT2D eigenvalue weighted by Crippen LogP contribution is -2.37. The SMILES string of the molecule is Cc1ccc(CN2CC(C(=O)N3CCCC3c3ccccc3)CC2=O)cc1. The second-order valence-electron chi connectivity index (χ2n) is 7.76. The summed E-state index contributed by atoms with van der Waals surface area (Å²) in [6.45, 7) is 3.97. The highest BCUT2D eigenvalue weighted by Crippen LogP contribution is 2.34. The molecule has 2 unspecified atom stereocenters. The summed E-state index contributed by atoms with van der Waals surface area (Å²) in [5, 5.41) is 0. The van der Waals surface area contributed by atoms with Crippen LogP contribution in [0, 0.1) is 12.8 Å². The molecule has 2 aliphatic heterocycles. The predicted molar refractivity (Wildman–Crippen MR) is 105 cm³/mol. The molecule has 0 N–H and O–H groups in total. The number of hydrogen-bond donors (Lipinski definition) is 0. The number of carbonyl (C=O) groups excluding carboxylic acids is 2. The summed E-state index contributed by atoms with van der Waals surface area (Å²) in [4.78, 5) is 29.5. The molecule has 4 nitrogen and oxygen atoms in total. The van der Waals surface area contributed by atoms with Gasteiger partial charge in [0.2, 0.25) is 11.8 Å². The molecule has 2 aromatic rings. The standard InChI is InChI=1S/C23H26N2O2/c1-17-9-11-18(12-10-17)15-24-16-20(14-22(24)26)23(27)25-13-5-8-21(25)19-6-3-2-4-7-19/h2-4,6-7,9-12,20-21H,5,8,13-16H2,1H3. The maximum atomic E-state index is 13.2. The molecule has 0 aliphatic carbocycles. The summed E-state index contributed by atoms with van der Waals surface area (Å²) < 4.78 is 0. The molecule has 2 aromatic carbocycles. The Morgan fingerprint density at radius 3 is 2.56 bits per heavy atom. The van der Waals surface area contributed by atoms with Crippen LogP contribution in [0.3, 0.4) is 0 Å². The van der Waals surface area contributed by atoms with Crippen molar-refractivity contribution >= 4 is 11.8 Å².